The van der Waals surface area contributed by atoms with E-state index in [9.17, 15) is 9.90 Å². The van der Waals surface area contributed by atoms with Crippen molar-refractivity contribution >= 4 is 22.8 Å². The minimum absolute atomic E-state index is 0.0262. The molecule has 2 aromatic carbocycles. The van der Waals surface area contributed by atoms with Gasteiger partial charge in [-0.15, -0.1) is 0 Å². The summed E-state index contributed by atoms with van der Waals surface area (Å²) in [6, 6.07) is 15.4. The Morgan fingerprint density at radius 2 is 2.04 bits per heavy atom. The van der Waals surface area contributed by atoms with Crippen LogP contribution in [0, 0.1) is 5.41 Å². The van der Waals surface area contributed by atoms with Gasteiger partial charge in [-0.2, -0.15) is 0 Å². The van der Waals surface area contributed by atoms with Gasteiger partial charge in [0.05, 0.1) is 13.0 Å². The molecule has 0 saturated carbocycles. The van der Waals surface area contributed by atoms with E-state index in [0.717, 1.165) is 34.2 Å². The van der Waals surface area contributed by atoms with Crippen molar-refractivity contribution in [3.8, 4) is 5.75 Å². The topological polar surface area (TPSA) is 124 Å². The molecule has 0 aliphatic carbocycles. The van der Waals surface area contributed by atoms with Crippen molar-refractivity contribution in [2.75, 3.05) is 13.2 Å². The highest BCUT2D eigenvalue weighted by atomic mass is 16.5. The molecule has 0 aliphatic rings. The number of carbonyl (C=O) groups is 1. The van der Waals surface area contributed by atoms with Crippen molar-refractivity contribution in [1.29, 1.82) is 5.41 Å². The second-order valence-electron chi connectivity index (χ2n) is 6.56. The van der Waals surface area contributed by atoms with Crippen molar-refractivity contribution < 1.29 is 14.6 Å². The number of guanidine groups is 1. The number of fused-ring (bicyclic) bond motifs is 1. The third-order valence-electron chi connectivity index (χ3n) is 4.55. The highest BCUT2D eigenvalue weighted by molar-refractivity contribution is 5.86. The molecule has 7 heteroatoms. The number of carboxylic acid groups (broad SMARTS) is 1. The predicted molar refractivity (Wildman–Crippen MR) is 109 cm³/mol. The van der Waals surface area contributed by atoms with E-state index in [0.29, 0.717) is 13.2 Å². The fourth-order valence-corrected chi connectivity index (χ4v) is 3.26. The first-order valence-corrected chi connectivity index (χ1v) is 9.13. The summed E-state index contributed by atoms with van der Waals surface area (Å²) in [5.41, 5.74) is 8.08. The van der Waals surface area contributed by atoms with E-state index in [4.69, 9.17) is 15.9 Å². The number of H-pyrrole nitrogens is 1. The molecule has 146 valence electrons. The third-order valence-corrected chi connectivity index (χ3v) is 4.55. The lowest BCUT2D eigenvalue weighted by atomic mass is 9.88. The van der Waals surface area contributed by atoms with E-state index in [1.165, 1.54) is 0 Å². The first-order chi connectivity index (χ1) is 13.5. The molecule has 0 fully saturated rings. The Hall–Kier alpha value is -3.48. The maximum absolute atomic E-state index is 11.4. The SMILES string of the molecule is N=C(N)NCCCOc1ccc2c(C(CC(=O)O)c3ccccc3)c[nH]c2c1. The van der Waals surface area contributed by atoms with Crippen molar-refractivity contribution in [2.45, 2.75) is 18.8 Å². The zero-order valence-electron chi connectivity index (χ0n) is 15.4. The third kappa shape index (κ3) is 4.82. The van der Waals surface area contributed by atoms with Gasteiger partial charge in [0.2, 0.25) is 0 Å². The Kier molecular flexibility index (Phi) is 6.16. The average molecular weight is 380 g/mol. The lowest BCUT2D eigenvalue weighted by Crippen LogP contribution is -2.31. The lowest BCUT2D eigenvalue weighted by molar-refractivity contribution is -0.137. The van der Waals surface area contributed by atoms with Gasteiger partial charge >= 0.3 is 5.97 Å². The molecule has 1 aromatic heterocycles. The molecule has 0 saturated heterocycles. The fourth-order valence-electron chi connectivity index (χ4n) is 3.26. The van der Waals surface area contributed by atoms with Crippen LogP contribution in [0.25, 0.3) is 10.9 Å². The molecule has 1 unspecified atom stereocenters. The summed E-state index contributed by atoms with van der Waals surface area (Å²) < 4.78 is 5.75. The molecule has 0 radical (unpaired) electrons. The lowest BCUT2D eigenvalue weighted by Gasteiger charge is -2.15. The van der Waals surface area contributed by atoms with Gasteiger partial charge in [0.25, 0.3) is 0 Å². The first kappa shape index (κ1) is 19.3. The molecule has 28 heavy (non-hydrogen) atoms. The van der Waals surface area contributed by atoms with Crippen molar-refractivity contribution in [3.63, 3.8) is 0 Å². The van der Waals surface area contributed by atoms with Gasteiger partial charge < -0.3 is 25.9 Å². The molecular weight excluding hydrogens is 356 g/mol. The van der Waals surface area contributed by atoms with E-state index in [1.807, 2.05) is 54.7 Å². The Balaban J connectivity index is 1.77. The van der Waals surface area contributed by atoms with Crippen LogP contribution in [0.5, 0.6) is 5.75 Å². The second-order valence-corrected chi connectivity index (χ2v) is 6.56. The zero-order chi connectivity index (χ0) is 19.9. The van der Waals surface area contributed by atoms with E-state index in [1.54, 1.807) is 0 Å². The number of aromatic nitrogens is 1. The Labute approximate surface area is 163 Å². The quantitative estimate of drug-likeness (QED) is 0.222. The first-order valence-electron chi connectivity index (χ1n) is 9.13. The Bertz CT molecular complexity index is 953. The van der Waals surface area contributed by atoms with Crippen LogP contribution < -0.4 is 15.8 Å². The minimum Gasteiger partial charge on any atom is -0.493 e. The van der Waals surface area contributed by atoms with Crippen LogP contribution in [0.3, 0.4) is 0 Å². The molecule has 6 N–H and O–H groups in total. The molecule has 1 heterocycles. The number of rotatable bonds is 9. The van der Waals surface area contributed by atoms with E-state index in [-0.39, 0.29) is 18.3 Å². The van der Waals surface area contributed by atoms with E-state index >= 15 is 0 Å². The Morgan fingerprint density at radius 3 is 2.75 bits per heavy atom. The molecule has 0 spiro atoms. The molecule has 7 nitrogen and oxygen atoms in total. The van der Waals surface area contributed by atoms with Crippen LogP contribution in [-0.2, 0) is 4.79 Å². The number of carboxylic acids is 1. The summed E-state index contributed by atoms with van der Waals surface area (Å²) >= 11 is 0. The number of hydrogen-bond donors (Lipinski definition) is 5. The van der Waals surface area contributed by atoms with Crippen LogP contribution >= 0.6 is 0 Å². The molecule has 0 bridgehead atoms. The van der Waals surface area contributed by atoms with Crippen molar-refractivity contribution in [3.05, 3.63) is 65.9 Å². The average Bonchev–Trinajstić information content (AvgIpc) is 3.09. The molecule has 1 atom stereocenters. The molecule has 3 rings (SSSR count). The van der Waals surface area contributed by atoms with Crippen LogP contribution in [-0.4, -0.2) is 35.2 Å². The van der Waals surface area contributed by atoms with Crippen LogP contribution in [0.4, 0.5) is 0 Å². The molecule has 3 aromatic rings. The largest absolute Gasteiger partial charge is 0.493 e. The predicted octanol–water partition coefficient (Wildman–Crippen LogP) is 3.03. The van der Waals surface area contributed by atoms with Gasteiger partial charge in [-0.3, -0.25) is 10.2 Å². The summed E-state index contributed by atoms with van der Waals surface area (Å²) in [5.74, 6) is -0.368. The number of aromatic amines is 1. The highest BCUT2D eigenvalue weighted by Gasteiger charge is 2.21. The smallest absolute Gasteiger partial charge is 0.304 e. The van der Waals surface area contributed by atoms with E-state index in [2.05, 4.69) is 10.3 Å². The number of ether oxygens (including phenoxy) is 1. The monoisotopic (exact) mass is 380 g/mol. The second kappa shape index (κ2) is 8.94. The summed E-state index contributed by atoms with van der Waals surface area (Å²) in [6.07, 6.45) is 2.63. The normalized spacial score (nSPS) is 11.9. The van der Waals surface area contributed by atoms with Gasteiger partial charge in [-0.25, -0.2) is 0 Å². The van der Waals surface area contributed by atoms with Crippen LogP contribution in [0.1, 0.15) is 29.9 Å². The summed E-state index contributed by atoms with van der Waals surface area (Å²) in [4.78, 5) is 14.7. The maximum Gasteiger partial charge on any atom is 0.304 e. The summed E-state index contributed by atoms with van der Waals surface area (Å²) in [7, 11) is 0. The van der Waals surface area contributed by atoms with Gasteiger partial charge in [-0.1, -0.05) is 30.3 Å². The number of aliphatic carboxylic acids is 1. The standard InChI is InChI=1S/C21H24N4O3/c22-21(23)24-9-4-10-28-15-7-8-16-18(13-25-19(16)11-15)17(12-20(26)27)14-5-2-1-3-6-14/h1-3,5-8,11,13,17,25H,4,9-10,12H2,(H,26,27)(H4,22,23,24). The molecule has 0 amide bonds. The van der Waals surface area contributed by atoms with E-state index < -0.39 is 5.97 Å². The number of hydrogen-bond acceptors (Lipinski definition) is 3. The van der Waals surface area contributed by atoms with Crippen LogP contribution in [0.15, 0.2) is 54.7 Å². The van der Waals surface area contributed by atoms with Crippen molar-refractivity contribution in [2.24, 2.45) is 5.73 Å². The summed E-state index contributed by atoms with van der Waals surface area (Å²) in [5, 5.41) is 20.2. The number of benzene rings is 2. The van der Waals surface area contributed by atoms with Crippen LogP contribution in [0.2, 0.25) is 0 Å². The van der Waals surface area contributed by atoms with Gasteiger partial charge in [0.15, 0.2) is 5.96 Å². The Morgan fingerprint density at radius 1 is 1.25 bits per heavy atom. The maximum atomic E-state index is 11.4. The molecular formula is C21H24N4O3. The summed E-state index contributed by atoms with van der Waals surface area (Å²) in [6.45, 7) is 1.09. The minimum atomic E-state index is -0.831. The fraction of sp³-hybridized carbons (Fsp3) is 0.238. The number of nitrogens with one attached hydrogen (secondary N) is 3. The van der Waals surface area contributed by atoms with Gasteiger partial charge in [-0.05, 0) is 29.7 Å². The number of nitrogens with two attached hydrogens (primary N) is 1. The molecule has 0 aliphatic heterocycles. The van der Waals surface area contributed by atoms with Crippen molar-refractivity contribution in [1.82, 2.24) is 10.3 Å². The van der Waals surface area contributed by atoms with Gasteiger partial charge in [0, 0.05) is 35.6 Å². The van der Waals surface area contributed by atoms with Gasteiger partial charge in [0.1, 0.15) is 5.75 Å². The highest BCUT2D eigenvalue weighted by Crippen LogP contribution is 2.34. The zero-order valence-corrected chi connectivity index (χ0v) is 15.4.